The van der Waals surface area contributed by atoms with Crippen LogP contribution in [0.2, 0.25) is 0 Å². The van der Waals surface area contributed by atoms with Gasteiger partial charge in [-0.25, -0.2) is 4.79 Å². The monoisotopic (exact) mass is 297 g/mol. The van der Waals surface area contributed by atoms with Crippen molar-refractivity contribution in [2.24, 2.45) is 0 Å². The van der Waals surface area contributed by atoms with Gasteiger partial charge >= 0.3 is 5.97 Å². The number of ether oxygens (including phenoxy) is 1. The third-order valence-corrected chi connectivity index (χ3v) is 4.23. The fourth-order valence-corrected chi connectivity index (χ4v) is 2.71. The number of benzene rings is 2. The molecule has 0 aromatic heterocycles. The molecule has 1 heterocycles. The number of hydrogen-bond donors (Lipinski definition) is 2. The molecule has 2 aromatic rings. The topological polar surface area (TPSA) is 58.6 Å². The molecular weight excluding hydrogens is 278 g/mol. The number of rotatable bonds is 4. The van der Waals surface area contributed by atoms with Crippen molar-refractivity contribution in [3.8, 4) is 5.75 Å². The van der Waals surface area contributed by atoms with E-state index in [0.29, 0.717) is 18.7 Å². The Hall–Kier alpha value is -2.33. The molecule has 1 aliphatic rings. The molecule has 0 spiro atoms. The van der Waals surface area contributed by atoms with Gasteiger partial charge in [-0.1, -0.05) is 24.3 Å². The van der Waals surface area contributed by atoms with Crippen LogP contribution >= 0.6 is 0 Å². The van der Waals surface area contributed by atoms with E-state index in [1.165, 1.54) is 16.7 Å². The van der Waals surface area contributed by atoms with Gasteiger partial charge in [0.05, 0.1) is 11.6 Å². The molecule has 0 amide bonds. The van der Waals surface area contributed by atoms with Gasteiger partial charge in [0.15, 0.2) is 0 Å². The summed E-state index contributed by atoms with van der Waals surface area (Å²) in [4.78, 5) is 10.8. The number of hydrogen-bond acceptors (Lipinski definition) is 3. The lowest BCUT2D eigenvalue weighted by Crippen LogP contribution is -2.22. The molecular formula is C18H19NO3. The Labute approximate surface area is 129 Å². The summed E-state index contributed by atoms with van der Waals surface area (Å²) in [5, 5.41) is 12.4. The van der Waals surface area contributed by atoms with Crippen LogP contribution in [0.25, 0.3) is 0 Å². The first-order valence-electron chi connectivity index (χ1n) is 7.35. The number of nitrogens with one attached hydrogen (secondary N) is 1. The van der Waals surface area contributed by atoms with E-state index in [9.17, 15) is 4.79 Å². The summed E-state index contributed by atoms with van der Waals surface area (Å²) in [5.74, 6) is 0.0993. The smallest absolute Gasteiger partial charge is 0.335 e. The first-order valence-corrected chi connectivity index (χ1v) is 7.35. The molecule has 22 heavy (non-hydrogen) atoms. The van der Waals surface area contributed by atoms with Crippen LogP contribution < -0.4 is 10.1 Å². The highest BCUT2D eigenvalue weighted by molar-refractivity contribution is 5.87. The molecule has 2 N–H and O–H groups in total. The molecule has 0 fully saturated rings. The molecule has 4 nitrogen and oxygen atoms in total. The normalized spacial score (nSPS) is 16.2. The van der Waals surface area contributed by atoms with Crippen molar-refractivity contribution >= 4 is 5.97 Å². The van der Waals surface area contributed by atoms with Gasteiger partial charge in [-0.3, -0.25) is 0 Å². The number of aryl methyl sites for hydroxylation is 1. The van der Waals surface area contributed by atoms with E-state index in [0.717, 1.165) is 11.3 Å². The zero-order valence-corrected chi connectivity index (χ0v) is 12.7. The van der Waals surface area contributed by atoms with Gasteiger partial charge < -0.3 is 15.2 Å². The van der Waals surface area contributed by atoms with E-state index in [1.54, 1.807) is 12.1 Å². The van der Waals surface area contributed by atoms with Crippen LogP contribution in [0.5, 0.6) is 5.75 Å². The fraction of sp³-hybridized carbons (Fsp3) is 0.278. The van der Waals surface area contributed by atoms with Crippen LogP contribution in [-0.2, 0) is 6.54 Å². The van der Waals surface area contributed by atoms with Crippen molar-refractivity contribution in [2.75, 3.05) is 6.61 Å². The van der Waals surface area contributed by atoms with Crippen molar-refractivity contribution in [3.63, 3.8) is 0 Å². The Morgan fingerprint density at radius 1 is 1.23 bits per heavy atom. The van der Waals surface area contributed by atoms with Gasteiger partial charge in [-0.15, -0.1) is 0 Å². The second kappa shape index (κ2) is 5.81. The lowest BCUT2D eigenvalue weighted by molar-refractivity contribution is 0.0697. The summed E-state index contributed by atoms with van der Waals surface area (Å²) in [6.45, 7) is 5.48. The molecule has 4 heteroatoms. The predicted octanol–water partition coefficient (Wildman–Crippen LogP) is 3.22. The highest BCUT2D eigenvalue weighted by Gasteiger charge is 2.25. The summed E-state index contributed by atoms with van der Waals surface area (Å²) in [6, 6.07) is 11.4. The molecule has 1 atom stereocenters. The molecule has 114 valence electrons. The van der Waals surface area contributed by atoms with Crippen molar-refractivity contribution in [2.45, 2.75) is 26.4 Å². The number of carboxylic acids is 1. The van der Waals surface area contributed by atoms with Gasteiger partial charge in [-0.2, -0.15) is 0 Å². The molecule has 0 bridgehead atoms. The Morgan fingerprint density at radius 2 is 1.95 bits per heavy atom. The zero-order valence-electron chi connectivity index (χ0n) is 12.7. The average Bonchev–Trinajstić information content (AvgIpc) is 2.93. The van der Waals surface area contributed by atoms with Crippen LogP contribution in [0.3, 0.4) is 0 Å². The highest BCUT2D eigenvalue weighted by atomic mass is 16.5. The van der Waals surface area contributed by atoms with Crippen LogP contribution in [0.1, 0.15) is 38.7 Å². The molecule has 0 aliphatic carbocycles. The summed E-state index contributed by atoms with van der Waals surface area (Å²) in [7, 11) is 0. The lowest BCUT2D eigenvalue weighted by Gasteiger charge is -2.12. The SMILES string of the molecule is Cc1ccc2c(c1C)OCC2NCc1ccc(C(=O)O)cc1. The Morgan fingerprint density at radius 3 is 2.64 bits per heavy atom. The van der Waals surface area contributed by atoms with E-state index >= 15 is 0 Å². The summed E-state index contributed by atoms with van der Waals surface area (Å²) < 4.78 is 5.82. The van der Waals surface area contributed by atoms with Crippen LogP contribution in [0.15, 0.2) is 36.4 Å². The minimum absolute atomic E-state index is 0.174. The van der Waals surface area contributed by atoms with Crippen molar-refractivity contribution in [1.29, 1.82) is 0 Å². The lowest BCUT2D eigenvalue weighted by atomic mass is 10.0. The quantitative estimate of drug-likeness (QED) is 0.909. The average molecular weight is 297 g/mol. The molecule has 0 saturated carbocycles. The van der Waals surface area contributed by atoms with Crippen LogP contribution in [0.4, 0.5) is 0 Å². The molecule has 2 aromatic carbocycles. The van der Waals surface area contributed by atoms with Crippen LogP contribution in [0, 0.1) is 13.8 Å². The standard InChI is InChI=1S/C18H19NO3/c1-11-3-8-15-16(10-22-17(15)12(11)2)19-9-13-4-6-14(7-5-13)18(20)21/h3-8,16,19H,9-10H2,1-2H3,(H,20,21). The Kier molecular flexibility index (Phi) is 3.86. The predicted molar refractivity (Wildman–Crippen MR) is 84.4 cm³/mol. The maximum absolute atomic E-state index is 10.8. The Balaban J connectivity index is 1.69. The van der Waals surface area contributed by atoms with Crippen molar-refractivity contribution in [1.82, 2.24) is 5.32 Å². The van der Waals surface area contributed by atoms with Gasteiger partial charge in [-0.05, 0) is 42.7 Å². The minimum atomic E-state index is -0.900. The molecule has 1 aliphatic heterocycles. The van der Waals surface area contributed by atoms with Gasteiger partial charge in [0, 0.05) is 12.1 Å². The summed E-state index contributed by atoms with van der Waals surface area (Å²) in [6.07, 6.45) is 0. The second-order valence-electron chi connectivity index (χ2n) is 5.67. The number of carbonyl (C=O) groups is 1. The zero-order chi connectivity index (χ0) is 15.7. The molecule has 3 rings (SSSR count). The Bertz CT molecular complexity index is 707. The van der Waals surface area contributed by atoms with E-state index in [-0.39, 0.29) is 6.04 Å². The van der Waals surface area contributed by atoms with Crippen molar-refractivity contribution in [3.05, 3.63) is 64.2 Å². The van der Waals surface area contributed by atoms with E-state index < -0.39 is 5.97 Å². The maximum Gasteiger partial charge on any atom is 0.335 e. The molecule has 0 saturated heterocycles. The second-order valence-corrected chi connectivity index (χ2v) is 5.67. The maximum atomic E-state index is 10.8. The first-order chi connectivity index (χ1) is 10.6. The summed E-state index contributed by atoms with van der Waals surface area (Å²) in [5.41, 5.74) is 5.01. The molecule has 1 unspecified atom stereocenters. The third kappa shape index (κ3) is 2.70. The van der Waals surface area contributed by atoms with Gasteiger partial charge in [0.2, 0.25) is 0 Å². The number of aromatic carboxylic acids is 1. The first kappa shape index (κ1) is 14.6. The summed E-state index contributed by atoms with van der Waals surface area (Å²) >= 11 is 0. The highest BCUT2D eigenvalue weighted by Crippen LogP contribution is 2.36. The fourth-order valence-electron chi connectivity index (χ4n) is 2.71. The van der Waals surface area contributed by atoms with E-state index in [2.05, 4.69) is 31.3 Å². The minimum Gasteiger partial charge on any atom is -0.491 e. The number of fused-ring (bicyclic) bond motifs is 1. The van der Waals surface area contributed by atoms with E-state index in [1.807, 2.05) is 12.1 Å². The molecule has 0 radical (unpaired) electrons. The largest absolute Gasteiger partial charge is 0.491 e. The van der Waals surface area contributed by atoms with Crippen LogP contribution in [-0.4, -0.2) is 17.7 Å². The van der Waals surface area contributed by atoms with Gasteiger partial charge in [0.25, 0.3) is 0 Å². The van der Waals surface area contributed by atoms with E-state index in [4.69, 9.17) is 9.84 Å². The third-order valence-electron chi connectivity index (χ3n) is 4.23. The number of carboxylic acid groups (broad SMARTS) is 1. The van der Waals surface area contributed by atoms with Gasteiger partial charge in [0.1, 0.15) is 12.4 Å². The van der Waals surface area contributed by atoms with Crippen molar-refractivity contribution < 1.29 is 14.6 Å².